The average Bonchev–Trinajstić information content (AvgIpc) is 1.18. The molecular weight excluding hydrogens is 1450 g/mol. The van der Waals surface area contributed by atoms with Crippen molar-refractivity contribution in [2.75, 3.05) is 95.1 Å². The summed E-state index contributed by atoms with van der Waals surface area (Å²) in [6.45, 7) is 29.0. The summed E-state index contributed by atoms with van der Waals surface area (Å²) in [7, 11) is 6.12. The molecule has 12 aromatic rings. The first-order valence-electron chi connectivity index (χ1n) is 34.9. The van der Waals surface area contributed by atoms with Gasteiger partial charge in [0.1, 0.15) is 55.2 Å². The Morgan fingerprint density at radius 3 is 1.19 bits per heavy atom. The van der Waals surface area contributed by atoms with E-state index in [0.29, 0.717) is 35.1 Å². The van der Waals surface area contributed by atoms with Crippen molar-refractivity contribution in [3.8, 4) is 48.6 Å². The molecule has 0 saturated carbocycles. The lowest BCUT2D eigenvalue weighted by Gasteiger charge is -2.26. The van der Waals surface area contributed by atoms with E-state index in [1.54, 1.807) is 58.7 Å². The van der Waals surface area contributed by atoms with Crippen LogP contribution in [-0.2, 0) is 30.5 Å². The summed E-state index contributed by atoms with van der Waals surface area (Å²) >= 11 is 6.52. The van der Waals surface area contributed by atoms with Crippen molar-refractivity contribution in [3.63, 3.8) is 0 Å². The fourth-order valence-electron chi connectivity index (χ4n) is 11.3. The van der Waals surface area contributed by atoms with Crippen molar-refractivity contribution in [2.24, 2.45) is 0 Å². The molecule has 30 heteroatoms. The van der Waals surface area contributed by atoms with Crippen LogP contribution < -0.4 is 26.0 Å². The van der Waals surface area contributed by atoms with Gasteiger partial charge in [0.05, 0.1) is 54.8 Å². The molecule has 108 heavy (non-hydrogen) atoms. The standard InChI is InChI=1S/C21H25N5OS.C20H25N5OS.C19H23N5S.C18H17F3N4O2S/c1-14-10-15(2)12-17(11-14)24-21-22-5-4-18(25-21)20-23-16(3)19(28-20)13-26-6-8-27-9-7-26;1-13-9-14(2)11-16(10-13)23-20-21-6-5-17(24-20)19-22-15(3)18(27-19)12-25(4)7-8-26;1-12-8-13(2)10-15(9-12)22-19-20-7-6-16(23-19)18-21-14(3)17(25-18)11-24(4)5;1-10-11(2)28-16(23-10)15-3-4-22-17(25-15)24-13-7-12(18(19,20)21)8-14(9-13)27-6-5-26/h4-5,10-12H,6-9,13H2,1-3H3,(H,22,24,25);5-6,9-11,26H,7-8,12H2,1-4H3,(H,21,23,24);6-10H,11H2,1-5H3,(H,20,22,23);3-4,7-9,26H,5-6H2,1-2H3,(H,22,24,25). The molecule has 0 aliphatic carbocycles. The molecule has 0 unspecified atom stereocenters. The first kappa shape index (κ1) is 80.8. The van der Waals surface area contributed by atoms with Crippen LogP contribution in [0.3, 0.4) is 0 Å². The zero-order chi connectivity index (χ0) is 77.2. The molecule has 0 radical (unpaired) electrons. The third-order valence-electron chi connectivity index (χ3n) is 16.3. The van der Waals surface area contributed by atoms with Crippen LogP contribution in [0.15, 0.2) is 122 Å². The maximum Gasteiger partial charge on any atom is 0.416 e. The molecule has 4 aromatic carbocycles. The lowest BCUT2D eigenvalue weighted by Crippen LogP contribution is -2.35. The van der Waals surface area contributed by atoms with E-state index < -0.39 is 11.7 Å². The zero-order valence-electron chi connectivity index (χ0n) is 63.0. The second-order valence-electron chi connectivity index (χ2n) is 26.3. The van der Waals surface area contributed by atoms with Crippen LogP contribution in [0.5, 0.6) is 5.75 Å². The first-order chi connectivity index (χ1) is 51.7. The van der Waals surface area contributed by atoms with Gasteiger partial charge in [-0.3, -0.25) is 9.80 Å². The summed E-state index contributed by atoms with van der Waals surface area (Å²) in [6.07, 6.45) is 2.27. The number of aliphatic hydroxyl groups excluding tert-OH is 2. The van der Waals surface area contributed by atoms with Crippen molar-refractivity contribution in [2.45, 2.75) is 102 Å². The number of rotatable bonds is 23. The minimum Gasteiger partial charge on any atom is -0.491 e. The Balaban J connectivity index is 0.000000154. The summed E-state index contributed by atoms with van der Waals surface area (Å²) in [4.78, 5) is 65.5. The number of nitrogens with zero attached hydrogens (tertiary/aromatic N) is 15. The molecule has 0 bridgehead atoms. The number of hydrogen-bond acceptors (Lipinski definition) is 27. The van der Waals surface area contributed by atoms with Gasteiger partial charge in [0, 0.05) is 112 Å². The van der Waals surface area contributed by atoms with Crippen LogP contribution in [0.4, 0.5) is 59.7 Å². The third-order valence-corrected chi connectivity index (χ3v) is 20.9. The van der Waals surface area contributed by atoms with E-state index in [9.17, 15) is 13.2 Å². The molecule has 1 aliphatic rings. The lowest BCUT2D eigenvalue weighted by atomic mass is 10.1. The van der Waals surface area contributed by atoms with Gasteiger partial charge in [-0.15, -0.1) is 45.3 Å². The highest BCUT2D eigenvalue weighted by molar-refractivity contribution is 7.16. The Labute approximate surface area is 644 Å². The van der Waals surface area contributed by atoms with Crippen molar-refractivity contribution in [3.05, 3.63) is 203 Å². The van der Waals surface area contributed by atoms with Crippen LogP contribution in [-0.4, -0.2) is 159 Å². The number of likely N-dealkylation sites (N-methyl/N-ethyl adjacent to an activating group) is 1. The molecule has 13 rings (SSSR count). The number of aromatic nitrogens is 12. The Bertz CT molecular complexity index is 4900. The minimum atomic E-state index is -4.55. The van der Waals surface area contributed by atoms with Crippen LogP contribution in [0.2, 0.25) is 0 Å². The highest BCUT2D eigenvalue weighted by Gasteiger charge is 2.32. The van der Waals surface area contributed by atoms with Crippen molar-refractivity contribution < 1.29 is 32.9 Å². The van der Waals surface area contributed by atoms with Gasteiger partial charge in [-0.05, 0) is 203 Å². The van der Waals surface area contributed by atoms with Gasteiger partial charge in [-0.25, -0.2) is 59.8 Å². The highest BCUT2D eigenvalue weighted by Crippen LogP contribution is 2.37. The largest absolute Gasteiger partial charge is 0.491 e. The second kappa shape index (κ2) is 37.9. The Morgan fingerprint density at radius 2 is 0.824 bits per heavy atom. The molecule has 566 valence electrons. The van der Waals surface area contributed by atoms with Crippen molar-refractivity contribution in [1.29, 1.82) is 0 Å². The molecule has 0 atom stereocenters. The lowest BCUT2D eigenvalue weighted by molar-refractivity contribution is -0.137. The van der Waals surface area contributed by atoms with Gasteiger partial charge < -0.3 is 45.9 Å². The highest BCUT2D eigenvalue weighted by atomic mass is 32.1. The fraction of sp³-hybridized carbons (Fsp3) is 0.333. The van der Waals surface area contributed by atoms with E-state index in [-0.39, 0.29) is 37.2 Å². The van der Waals surface area contributed by atoms with Crippen molar-refractivity contribution >= 4 is 91.9 Å². The van der Waals surface area contributed by atoms with Gasteiger partial charge in [0.15, 0.2) is 0 Å². The Hall–Kier alpha value is -9.73. The zero-order valence-corrected chi connectivity index (χ0v) is 66.3. The van der Waals surface area contributed by atoms with Gasteiger partial charge in [-0.2, -0.15) is 13.2 Å². The number of benzene rings is 4. The number of aliphatic hydroxyl groups is 2. The maximum atomic E-state index is 13.2. The summed E-state index contributed by atoms with van der Waals surface area (Å²) in [5.74, 6) is 1.85. The number of ether oxygens (including phenoxy) is 2. The smallest absolute Gasteiger partial charge is 0.416 e. The van der Waals surface area contributed by atoms with Crippen LogP contribution in [0.1, 0.15) is 81.2 Å². The predicted molar refractivity (Wildman–Crippen MR) is 428 cm³/mol. The minimum absolute atomic E-state index is 0.0197. The van der Waals surface area contributed by atoms with Gasteiger partial charge in [-0.1, -0.05) is 18.2 Å². The van der Waals surface area contributed by atoms with Crippen LogP contribution >= 0.6 is 45.3 Å². The number of hydrogen-bond donors (Lipinski definition) is 6. The SMILES string of the molecule is Cc1cc(C)cc(Nc2nccc(-c3nc(C)c(CN(C)C)s3)n2)c1.Cc1cc(C)cc(Nc2nccc(-c3nc(C)c(CN(C)CCO)s3)n2)c1.Cc1cc(C)cc(Nc2nccc(-c3nc(C)c(CN4CCOCC4)s3)n2)c1.Cc1nc(-c2ccnc(Nc3cc(OCCO)cc(C(F)(F)F)c3)n2)sc1C. The topological polar surface area (TPSA) is 271 Å². The molecule has 1 fully saturated rings. The van der Waals surface area contributed by atoms with E-state index in [1.807, 2.05) is 46.0 Å². The van der Waals surface area contributed by atoms with Gasteiger partial charge >= 0.3 is 6.18 Å². The molecular formula is C78H90F3N19O4S4. The third kappa shape index (κ3) is 23.9. The first-order valence-corrected chi connectivity index (χ1v) is 38.1. The molecule has 8 aromatic heterocycles. The quantitative estimate of drug-likeness (QED) is 0.0347. The Kier molecular flexibility index (Phi) is 28.3. The van der Waals surface area contributed by atoms with E-state index in [1.165, 1.54) is 71.6 Å². The van der Waals surface area contributed by atoms with E-state index in [0.717, 1.165) is 135 Å². The normalized spacial score (nSPS) is 12.2. The summed E-state index contributed by atoms with van der Waals surface area (Å²) in [6, 6.07) is 29.5. The summed E-state index contributed by atoms with van der Waals surface area (Å²) in [5, 5.41) is 34.0. The van der Waals surface area contributed by atoms with E-state index >= 15 is 0 Å². The van der Waals surface area contributed by atoms with Gasteiger partial charge in [0.2, 0.25) is 23.8 Å². The number of alkyl halides is 3. The molecule has 0 amide bonds. The average molecular weight is 1540 g/mol. The van der Waals surface area contributed by atoms with Crippen LogP contribution in [0.25, 0.3) is 42.8 Å². The number of nitrogens with one attached hydrogen (secondary N) is 4. The van der Waals surface area contributed by atoms with Crippen molar-refractivity contribution in [1.82, 2.24) is 74.5 Å². The predicted octanol–water partition coefficient (Wildman–Crippen LogP) is 16.5. The Morgan fingerprint density at radius 1 is 0.454 bits per heavy atom. The number of thiazole rings is 4. The molecule has 1 saturated heterocycles. The molecule has 23 nitrogen and oxygen atoms in total. The number of anilines is 8. The molecule has 1 aliphatic heterocycles. The van der Waals surface area contributed by atoms with Gasteiger partial charge in [0.25, 0.3) is 0 Å². The maximum absolute atomic E-state index is 13.2. The molecule has 9 heterocycles. The monoisotopic (exact) mass is 1540 g/mol. The number of aryl methyl sites for hydroxylation is 11. The fourth-order valence-corrected chi connectivity index (χ4v) is 15.5. The second-order valence-corrected chi connectivity index (χ2v) is 30.8. The number of morpholine rings is 1. The van der Waals surface area contributed by atoms with E-state index in [4.69, 9.17) is 29.7 Å². The summed E-state index contributed by atoms with van der Waals surface area (Å²) in [5.41, 5.74) is 16.6. The number of halogens is 3. The van der Waals surface area contributed by atoms with E-state index in [2.05, 4.69) is 210 Å². The molecule has 0 spiro atoms. The summed E-state index contributed by atoms with van der Waals surface area (Å²) < 4.78 is 50.1. The van der Waals surface area contributed by atoms with Crippen LogP contribution in [0, 0.1) is 76.2 Å². The molecule has 6 N–H and O–H groups in total.